The second-order valence-corrected chi connectivity index (χ2v) is 9.73. The molecule has 0 spiro atoms. The van der Waals surface area contributed by atoms with Gasteiger partial charge in [-0.2, -0.15) is 0 Å². The molecule has 1 saturated heterocycles. The van der Waals surface area contributed by atoms with Crippen molar-refractivity contribution in [3.05, 3.63) is 119 Å². The summed E-state index contributed by atoms with van der Waals surface area (Å²) in [5, 5.41) is 0.495. The third-order valence-electron chi connectivity index (χ3n) is 6.87. The van der Waals surface area contributed by atoms with E-state index >= 15 is 0 Å². The van der Waals surface area contributed by atoms with Crippen LogP contribution >= 0.6 is 11.6 Å². The molecule has 4 aromatic rings. The predicted octanol–water partition coefficient (Wildman–Crippen LogP) is 7.14. The maximum atomic E-state index is 14.1. The number of carbonyl (C=O) groups excluding carboxylic acids is 1. The van der Waals surface area contributed by atoms with Crippen LogP contribution in [0, 0.1) is 23.4 Å². The molecule has 0 bridgehead atoms. The SMILES string of the molecule is O=C(c1ccc(-c2ccc(F)cc2)cc1)N1CC[C@H](COc2ccc(Cl)cn2)[C@@H](c2ccc(F)c(F)c2)C1. The molecular weight excluding hydrogens is 513 g/mol. The van der Waals surface area contributed by atoms with Crippen LogP contribution < -0.4 is 4.74 Å². The Balaban J connectivity index is 1.33. The highest BCUT2D eigenvalue weighted by Gasteiger charge is 2.34. The van der Waals surface area contributed by atoms with Crippen LogP contribution in [0.2, 0.25) is 5.02 Å². The summed E-state index contributed by atoms with van der Waals surface area (Å²) >= 11 is 5.90. The Morgan fingerprint density at radius 3 is 2.29 bits per heavy atom. The van der Waals surface area contributed by atoms with Gasteiger partial charge in [-0.1, -0.05) is 41.9 Å². The van der Waals surface area contributed by atoms with Gasteiger partial charge in [0.2, 0.25) is 5.88 Å². The van der Waals surface area contributed by atoms with E-state index in [1.165, 1.54) is 24.4 Å². The molecule has 1 aliphatic heterocycles. The lowest BCUT2D eigenvalue weighted by Crippen LogP contribution is -2.44. The number of pyridine rings is 1. The molecule has 2 heterocycles. The average molecular weight is 537 g/mol. The topological polar surface area (TPSA) is 42.4 Å². The standard InChI is InChI=1S/C30H24ClF3N2O2/c31-24-8-12-29(35-16-24)38-18-23-13-14-36(17-26(23)22-7-11-27(33)28(34)15-22)30(37)21-3-1-19(2-4-21)20-5-9-25(32)10-6-20/h1-12,15-16,23,26H,13-14,17-18H2/t23-,26-/m1/s1. The molecule has 2 atom stereocenters. The van der Waals surface area contributed by atoms with Crippen molar-refractivity contribution in [2.45, 2.75) is 12.3 Å². The number of nitrogens with zero attached hydrogens (tertiary/aromatic N) is 2. The summed E-state index contributed by atoms with van der Waals surface area (Å²) in [5.41, 5.74) is 2.83. The molecule has 3 aromatic carbocycles. The first kappa shape index (κ1) is 25.8. The second-order valence-electron chi connectivity index (χ2n) is 9.29. The molecule has 1 amide bonds. The van der Waals surface area contributed by atoms with E-state index in [9.17, 15) is 18.0 Å². The number of piperidine rings is 1. The highest BCUT2D eigenvalue weighted by Crippen LogP contribution is 2.34. The van der Waals surface area contributed by atoms with Gasteiger partial charge in [-0.05, 0) is 65.6 Å². The van der Waals surface area contributed by atoms with E-state index in [-0.39, 0.29) is 23.6 Å². The van der Waals surface area contributed by atoms with Crippen LogP contribution in [-0.2, 0) is 0 Å². The van der Waals surface area contributed by atoms with Crippen molar-refractivity contribution in [2.24, 2.45) is 5.92 Å². The maximum Gasteiger partial charge on any atom is 0.253 e. The highest BCUT2D eigenvalue weighted by molar-refractivity contribution is 6.30. The first-order valence-corrected chi connectivity index (χ1v) is 12.6. The molecule has 8 heteroatoms. The molecule has 0 saturated carbocycles. The Labute approximate surface area is 223 Å². The maximum absolute atomic E-state index is 14.1. The quantitative estimate of drug-likeness (QED) is 0.263. The number of ether oxygens (including phenoxy) is 1. The molecule has 1 aliphatic rings. The van der Waals surface area contributed by atoms with Crippen LogP contribution in [0.3, 0.4) is 0 Å². The highest BCUT2D eigenvalue weighted by atomic mass is 35.5. The minimum Gasteiger partial charge on any atom is -0.477 e. The van der Waals surface area contributed by atoms with E-state index in [0.29, 0.717) is 48.1 Å². The number of amides is 1. The summed E-state index contributed by atoms with van der Waals surface area (Å²) in [5.74, 6) is -2.22. The summed E-state index contributed by atoms with van der Waals surface area (Å²) in [6.07, 6.45) is 2.10. The number of hydrogen-bond donors (Lipinski definition) is 0. The Hall–Kier alpha value is -3.84. The van der Waals surface area contributed by atoms with Crippen LogP contribution in [0.5, 0.6) is 5.88 Å². The molecular formula is C30H24ClF3N2O2. The minimum absolute atomic E-state index is 0.0535. The van der Waals surface area contributed by atoms with Gasteiger partial charge < -0.3 is 9.64 Å². The second kappa shape index (κ2) is 11.3. The molecule has 194 valence electrons. The predicted molar refractivity (Wildman–Crippen MR) is 140 cm³/mol. The summed E-state index contributed by atoms with van der Waals surface area (Å²) in [6.45, 7) is 1.11. The van der Waals surface area contributed by atoms with E-state index in [1.54, 1.807) is 47.4 Å². The van der Waals surface area contributed by atoms with E-state index in [1.807, 2.05) is 12.1 Å². The Bertz CT molecular complexity index is 1410. The van der Waals surface area contributed by atoms with Crippen molar-refractivity contribution in [2.75, 3.05) is 19.7 Å². The minimum atomic E-state index is -0.929. The monoisotopic (exact) mass is 536 g/mol. The van der Waals surface area contributed by atoms with Crippen molar-refractivity contribution in [1.82, 2.24) is 9.88 Å². The Morgan fingerprint density at radius 2 is 1.63 bits per heavy atom. The molecule has 5 rings (SSSR count). The Morgan fingerprint density at radius 1 is 0.921 bits per heavy atom. The third kappa shape index (κ3) is 5.83. The fraction of sp³-hybridized carbons (Fsp3) is 0.200. The van der Waals surface area contributed by atoms with Crippen molar-refractivity contribution >= 4 is 17.5 Å². The lowest BCUT2D eigenvalue weighted by Gasteiger charge is -2.39. The number of halogens is 4. The van der Waals surface area contributed by atoms with Crippen molar-refractivity contribution in [1.29, 1.82) is 0 Å². The van der Waals surface area contributed by atoms with Crippen molar-refractivity contribution < 1.29 is 22.7 Å². The van der Waals surface area contributed by atoms with Gasteiger partial charge in [0, 0.05) is 42.8 Å². The zero-order valence-electron chi connectivity index (χ0n) is 20.3. The molecule has 0 radical (unpaired) electrons. The van der Waals surface area contributed by atoms with Gasteiger partial charge in [0.05, 0.1) is 11.6 Å². The number of rotatable bonds is 6. The molecule has 0 aliphatic carbocycles. The largest absolute Gasteiger partial charge is 0.477 e. The normalized spacial score (nSPS) is 17.3. The lowest BCUT2D eigenvalue weighted by molar-refractivity contribution is 0.0614. The van der Waals surface area contributed by atoms with Crippen molar-refractivity contribution in [3.63, 3.8) is 0 Å². The van der Waals surface area contributed by atoms with Gasteiger partial charge in [-0.3, -0.25) is 4.79 Å². The molecule has 4 nitrogen and oxygen atoms in total. The number of aromatic nitrogens is 1. The van der Waals surface area contributed by atoms with Crippen LogP contribution in [0.1, 0.15) is 28.3 Å². The van der Waals surface area contributed by atoms with Crippen molar-refractivity contribution in [3.8, 4) is 17.0 Å². The van der Waals surface area contributed by atoms with Crippen LogP contribution in [0.25, 0.3) is 11.1 Å². The number of likely N-dealkylation sites (tertiary alicyclic amines) is 1. The molecule has 0 N–H and O–H groups in total. The van der Waals surface area contributed by atoms with Gasteiger partial charge in [0.1, 0.15) is 5.82 Å². The van der Waals surface area contributed by atoms with Gasteiger partial charge in [0.25, 0.3) is 5.91 Å². The average Bonchev–Trinajstić information content (AvgIpc) is 2.94. The van der Waals surface area contributed by atoms with Gasteiger partial charge in [0.15, 0.2) is 11.6 Å². The number of benzene rings is 3. The zero-order chi connectivity index (χ0) is 26.6. The summed E-state index contributed by atoms with van der Waals surface area (Å²) in [6, 6.07) is 20.5. The summed E-state index contributed by atoms with van der Waals surface area (Å²) in [7, 11) is 0. The Kier molecular flexibility index (Phi) is 7.65. The fourth-order valence-corrected chi connectivity index (χ4v) is 4.89. The molecule has 1 aromatic heterocycles. The smallest absolute Gasteiger partial charge is 0.253 e. The summed E-state index contributed by atoms with van der Waals surface area (Å²) in [4.78, 5) is 19.3. The van der Waals surface area contributed by atoms with E-state index in [4.69, 9.17) is 16.3 Å². The first-order valence-electron chi connectivity index (χ1n) is 12.2. The third-order valence-corrected chi connectivity index (χ3v) is 7.09. The van der Waals surface area contributed by atoms with Crippen LogP contribution in [-0.4, -0.2) is 35.5 Å². The molecule has 1 fully saturated rings. The first-order chi connectivity index (χ1) is 18.4. The van der Waals surface area contributed by atoms with E-state index < -0.39 is 11.6 Å². The zero-order valence-corrected chi connectivity index (χ0v) is 21.0. The number of hydrogen-bond acceptors (Lipinski definition) is 3. The van der Waals surface area contributed by atoms with Crippen LogP contribution in [0.15, 0.2) is 85.1 Å². The van der Waals surface area contributed by atoms with E-state index in [0.717, 1.165) is 17.2 Å². The summed E-state index contributed by atoms with van der Waals surface area (Å²) < 4.78 is 46.9. The fourth-order valence-electron chi connectivity index (χ4n) is 4.78. The number of carbonyl (C=O) groups is 1. The van der Waals surface area contributed by atoms with E-state index in [2.05, 4.69) is 4.98 Å². The lowest BCUT2D eigenvalue weighted by atomic mass is 9.81. The van der Waals surface area contributed by atoms with Gasteiger partial charge in [-0.25, -0.2) is 18.2 Å². The van der Waals surface area contributed by atoms with Crippen LogP contribution in [0.4, 0.5) is 13.2 Å². The van der Waals surface area contributed by atoms with Gasteiger partial charge >= 0.3 is 0 Å². The molecule has 0 unspecified atom stereocenters. The molecule has 38 heavy (non-hydrogen) atoms. The van der Waals surface area contributed by atoms with Gasteiger partial charge in [-0.15, -0.1) is 0 Å².